The quantitative estimate of drug-likeness (QED) is 0.560. The van der Waals surface area contributed by atoms with E-state index in [-0.39, 0.29) is 17.9 Å². The molecule has 4 rings (SSSR count). The summed E-state index contributed by atoms with van der Waals surface area (Å²) in [5.74, 6) is 0.988. The molecule has 0 atom stereocenters. The van der Waals surface area contributed by atoms with Crippen LogP contribution in [0.4, 0.5) is 5.69 Å². The summed E-state index contributed by atoms with van der Waals surface area (Å²) < 4.78 is 5.24. The van der Waals surface area contributed by atoms with Crippen molar-refractivity contribution in [2.75, 3.05) is 25.0 Å². The maximum absolute atomic E-state index is 12.3. The summed E-state index contributed by atoms with van der Waals surface area (Å²) >= 11 is 1.57. The van der Waals surface area contributed by atoms with Crippen LogP contribution < -0.4 is 10.6 Å². The van der Waals surface area contributed by atoms with E-state index in [0.29, 0.717) is 31.1 Å². The molecule has 1 aliphatic rings. The number of carbonyl (C=O) groups is 2. The summed E-state index contributed by atoms with van der Waals surface area (Å²) in [6.07, 6.45) is 2.38. The van der Waals surface area contributed by atoms with Crippen LogP contribution in [-0.4, -0.2) is 52.5 Å². The molecule has 2 aromatic heterocycles. The van der Waals surface area contributed by atoms with Gasteiger partial charge in [-0.3, -0.25) is 14.5 Å². The van der Waals surface area contributed by atoms with Crippen molar-refractivity contribution < 1.29 is 14.1 Å². The Hall–Kier alpha value is -3.04. The second kappa shape index (κ2) is 10.3. The highest BCUT2D eigenvalue weighted by atomic mass is 32.1. The molecule has 2 N–H and O–H groups in total. The zero-order valence-corrected chi connectivity index (χ0v) is 17.9. The number of piperidine rings is 1. The number of rotatable bonds is 8. The molecule has 0 radical (unpaired) electrons. The van der Waals surface area contributed by atoms with Crippen LogP contribution in [0, 0.1) is 0 Å². The van der Waals surface area contributed by atoms with Gasteiger partial charge in [-0.2, -0.15) is 16.3 Å². The van der Waals surface area contributed by atoms with Gasteiger partial charge < -0.3 is 15.2 Å². The maximum Gasteiger partial charge on any atom is 0.238 e. The number of anilines is 1. The molecule has 0 aliphatic carbocycles. The van der Waals surface area contributed by atoms with Crippen molar-refractivity contribution in [1.29, 1.82) is 0 Å². The lowest BCUT2D eigenvalue weighted by molar-refractivity contribution is -0.122. The van der Waals surface area contributed by atoms with Crippen molar-refractivity contribution in [3.8, 4) is 11.4 Å². The van der Waals surface area contributed by atoms with Gasteiger partial charge in [-0.05, 0) is 36.4 Å². The molecule has 2 amide bonds. The third kappa shape index (κ3) is 6.22. The average molecular weight is 440 g/mol. The number of para-hydroxylation sites is 1. The second-order valence-corrected chi connectivity index (χ2v) is 8.34. The molecule has 3 heterocycles. The number of benzene rings is 1. The third-order valence-electron chi connectivity index (χ3n) is 5.19. The van der Waals surface area contributed by atoms with Crippen LogP contribution in [-0.2, 0) is 16.0 Å². The smallest absolute Gasteiger partial charge is 0.238 e. The number of aromatic nitrogens is 2. The molecule has 0 spiro atoms. The fraction of sp³-hybridized carbons (Fsp3) is 0.364. The van der Waals surface area contributed by atoms with Crippen LogP contribution in [0.15, 0.2) is 51.7 Å². The van der Waals surface area contributed by atoms with Gasteiger partial charge in [-0.25, -0.2) is 0 Å². The Bertz CT molecular complexity index is 982. The van der Waals surface area contributed by atoms with E-state index in [9.17, 15) is 9.59 Å². The highest BCUT2D eigenvalue weighted by molar-refractivity contribution is 7.08. The molecular formula is C22H25N5O3S. The van der Waals surface area contributed by atoms with Crippen LogP contribution in [0.2, 0.25) is 0 Å². The van der Waals surface area contributed by atoms with E-state index in [1.165, 1.54) is 0 Å². The Labute approximate surface area is 184 Å². The van der Waals surface area contributed by atoms with Crippen molar-refractivity contribution in [3.63, 3.8) is 0 Å². The van der Waals surface area contributed by atoms with Crippen molar-refractivity contribution in [1.82, 2.24) is 20.4 Å². The molecule has 0 unspecified atom stereocenters. The number of carbonyl (C=O) groups excluding carboxylic acids is 2. The van der Waals surface area contributed by atoms with Gasteiger partial charge in [0.1, 0.15) is 0 Å². The van der Waals surface area contributed by atoms with E-state index in [0.717, 1.165) is 37.2 Å². The first-order chi connectivity index (χ1) is 15.2. The number of amides is 2. The largest absolute Gasteiger partial charge is 0.353 e. The first kappa shape index (κ1) is 21.2. The Morgan fingerprint density at radius 2 is 1.94 bits per heavy atom. The van der Waals surface area contributed by atoms with E-state index >= 15 is 0 Å². The minimum absolute atomic E-state index is 0.0180. The standard InChI is InChI=1S/C22H25N5O3S/c28-19(6-7-21-25-22(26-30-21)16-10-13-31-15-16)23-18-8-11-27(12-9-18)14-20(29)24-17-4-2-1-3-5-17/h1-5,10,13,15,18H,6-9,11-12,14H2,(H,23,28)(H,24,29). The topological polar surface area (TPSA) is 100 Å². The Morgan fingerprint density at radius 3 is 2.68 bits per heavy atom. The van der Waals surface area contributed by atoms with Crippen molar-refractivity contribution in [3.05, 3.63) is 53.0 Å². The molecule has 31 heavy (non-hydrogen) atoms. The van der Waals surface area contributed by atoms with Crippen molar-refractivity contribution in [2.24, 2.45) is 0 Å². The highest BCUT2D eigenvalue weighted by Gasteiger charge is 2.22. The number of hydrogen-bond donors (Lipinski definition) is 2. The highest BCUT2D eigenvalue weighted by Crippen LogP contribution is 2.19. The van der Waals surface area contributed by atoms with Gasteiger partial charge in [0.25, 0.3) is 0 Å². The Balaban J connectivity index is 1.14. The van der Waals surface area contributed by atoms with Gasteiger partial charge in [0.2, 0.25) is 23.5 Å². The van der Waals surface area contributed by atoms with Gasteiger partial charge in [-0.1, -0.05) is 23.4 Å². The number of nitrogens with zero attached hydrogens (tertiary/aromatic N) is 3. The van der Waals surface area contributed by atoms with E-state index in [2.05, 4.69) is 25.7 Å². The molecule has 9 heteroatoms. The number of nitrogens with one attached hydrogen (secondary N) is 2. The van der Waals surface area contributed by atoms with E-state index in [1.54, 1.807) is 11.3 Å². The monoisotopic (exact) mass is 439 g/mol. The van der Waals surface area contributed by atoms with Gasteiger partial charge in [0.05, 0.1) is 6.54 Å². The van der Waals surface area contributed by atoms with Crippen LogP contribution in [0.1, 0.15) is 25.2 Å². The molecule has 3 aromatic rings. The number of likely N-dealkylation sites (tertiary alicyclic amines) is 1. The van der Waals surface area contributed by atoms with Crippen molar-refractivity contribution >= 4 is 28.8 Å². The minimum atomic E-state index is -0.0185. The van der Waals surface area contributed by atoms with E-state index in [4.69, 9.17) is 4.52 Å². The fourth-order valence-corrected chi connectivity index (χ4v) is 4.18. The molecule has 0 bridgehead atoms. The minimum Gasteiger partial charge on any atom is -0.353 e. The SMILES string of the molecule is O=C(CN1CCC(NC(=O)CCc2nc(-c3ccsc3)no2)CC1)Nc1ccccc1. The van der Waals surface area contributed by atoms with Crippen molar-refractivity contribution in [2.45, 2.75) is 31.7 Å². The Morgan fingerprint density at radius 1 is 1.13 bits per heavy atom. The molecule has 162 valence electrons. The molecule has 1 aliphatic heterocycles. The predicted molar refractivity (Wildman–Crippen MR) is 119 cm³/mol. The fourth-order valence-electron chi connectivity index (χ4n) is 3.55. The predicted octanol–water partition coefficient (Wildman–Crippen LogP) is 2.95. The lowest BCUT2D eigenvalue weighted by Crippen LogP contribution is -2.46. The summed E-state index contributed by atoms with van der Waals surface area (Å²) in [5, 5.41) is 13.9. The van der Waals surface area contributed by atoms with Crippen LogP contribution in [0.5, 0.6) is 0 Å². The third-order valence-corrected chi connectivity index (χ3v) is 5.87. The van der Waals surface area contributed by atoms with Gasteiger partial charge >= 0.3 is 0 Å². The van der Waals surface area contributed by atoms with Gasteiger partial charge in [0.15, 0.2) is 0 Å². The summed E-state index contributed by atoms with van der Waals surface area (Å²) in [6, 6.07) is 11.5. The molecule has 0 saturated carbocycles. The first-order valence-corrected chi connectivity index (χ1v) is 11.3. The van der Waals surface area contributed by atoms with E-state index < -0.39 is 0 Å². The van der Waals surface area contributed by atoms with Crippen LogP contribution in [0.3, 0.4) is 0 Å². The Kier molecular flexibility index (Phi) is 7.06. The van der Waals surface area contributed by atoms with Crippen LogP contribution >= 0.6 is 11.3 Å². The van der Waals surface area contributed by atoms with Gasteiger partial charge in [-0.15, -0.1) is 0 Å². The zero-order valence-electron chi connectivity index (χ0n) is 17.1. The normalized spacial score (nSPS) is 15.0. The summed E-state index contributed by atoms with van der Waals surface area (Å²) in [6.45, 7) is 1.92. The lowest BCUT2D eigenvalue weighted by atomic mass is 10.0. The summed E-state index contributed by atoms with van der Waals surface area (Å²) in [5.41, 5.74) is 1.73. The molecule has 1 saturated heterocycles. The van der Waals surface area contributed by atoms with Gasteiger partial charge in [0, 0.05) is 48.6 Å². The lowest BCUT2D eigenvalue weighted by Gasteiger charge is -2.31. The number of aryl methyl sites for hydroxylation is 1. The summed E-state index contributed by atoms with van der Waals surface area (Å²) in [7, 11) is 0. The molecule has 1 fully saturated rings. The average Bonchev–Trinajstić information content (AvgIpc) is 3.46. The molecular weight excluding hydrogens is 414 g/mol. The van der Waals surface area contributed by atoms with E-state index in [1.807, 2.05) is 47.2 Å². The number of hydrogen-bond acceptors (Lipinski definition) is 7. The maximum atomic E-state index is 12.3. The number of thiophene rings is 1. The second-order valence-electron chi connectivity index (χ2n) is 7.56. The summed E-state index contributed by atoms with van der Waals surface area (Å²) in [4.78, 5) is 31.0. The molecule has 8 nitrogen and oxygen atoms in total. The molecule has 1 aromatic carbocycles. The van der Waals surface area contributed by atoms with Crippen LogP contribution in [0.25, 0.3) is 11.4 Å². The zero-order chi connectivity index (χ0) is 21.5. The first-order valence-electron chi connectivity index (χ1n) is 10.4.